The summed E-state index contributed by atoms with van der Waals surface area (Å²) in [5, 5.41) is 4.29. The summed E-state index contributed by atoms with van der Waals surface area (Å²) in [7, 11) is 3.36. The molecule has 0 radical (unpaired) electrons. The second kappa shape index (κ2) is 8.48. The van der Waals surface area contributed by atoms with Gasteiger partial charge in [-0.15, -0.1) is 17.3 Å². The zero-order valence-electron chi connectivity index (χ0n) is 18.5. The zero-order valence-corrected chi connectivity index (χ0v) is 19.3. The molecule has 1 aliphatic heterocycles. The highest BCUT2D eigenvalue weighted by Crippen LogP contribution is 2.45. The lowest BCUT2D eigenvalue weighted by Gasteiger charge is -2.46. The van der Waals surface area contributed by atoms with E-state index in [1.807, 2.05) is 43.5 Å². The fraction of sp³-hybridized carbons (Fsp3) is 0.240. The first-order valence-electron chi connectivity index (χ1n) is 10.1. The molecule has 0 bridgehead atoms. The van der Waals surface area contributed by atoms with Gasteiger partial charge in [0, 0.05) is 36.8 Å². The quantitative estimate of drug-likeness (QED) is 0.614. The number of rotatable bonds is 4. The molecule has 0 spiro atoms. The monoisotopic (exact) mass is 444 g/mol. The molecule has 0 aliphatic carbocycles. The van der Waals surface area contributed by atoms with E-state index in [9.17, 15) is 4.79 Å². The highest BCUT2D eigenvalue weighted by Gasteiger charge is 2.48. The van der Waals surface area contributed by atoms with Gasteiger partial charge in [0.25, 0.3) is 0 Å². The molecule has 2 aromatic heterocycles. The molecule has 7 heteroatoms. The van der Waals surface area contributed by atoms with Gasteiger partial charge in [-0.2, -0.15) is 0 Å². The first kappa shape index (κ1) is 21.6. The molecule has 1 amide bonds. The van der Waals surface area contributed by atoms with Crippen LogP contribution in [-0.2, 0) is 10.3 Å². The standard InChI is InChI=1S/C25H24N4O2S/c1-6-7-17-12-19(14-26-13-17)23-27-15-21(32-23)25(3)22(24(30)29(4)16(2)28-25)18-8-10-20(31-5)11-9-18/h8-15,22,28H,2H2,1,3-5H3/t22?,25-/m1/s1. The van der Waals surface area contributed by atoms with Crippen molar-refractivity contribution in [3.05, 3.63) is 77.3 Å². The van der Waals surface area contributed by atoms with Gasteiger partial charge in [-0.1, -0.05) is 24.6 Å². The fourth-order valence-corrected chi connectivity index (χ4v) is 4.95. The van der Waals surface area contributed by atoms with Crippen molar-refractivity contribution in [3.63, 3.8) is 0 Å². The number of pyridine rings is 1. The van der Waals surface area contributed by atoms with E-state index >= 15 is 0 Å². The Kier molecular flexibility index (Phi) is 5.72. The van der Waals surface area contributed by atoms with Crippen molar-refractivity contribution in [1.82, 2.24) is 20.2 Å². The van der Waals surface area contributed by atoms with Crippen LogP contribution in [0, 0.1) is 11.8 Å². The summed E-state index contributed by atoms with van der Waals surface area (Å²) in [6, 6.07) is 9.58. The minimum absolute atomic E-state index is 0.0294. The SMILES string of the molecule is C=C1N[C@](C)(c2cnc(-c3cncc(C#CC)c3)s2)C(c2ccc(OC)cc2)C(=O)N1C. The molecule has 162 valence electrons. The number of benzene rings is 1. The first-order chi connectivity index (χ1) is 15.4. The molecule has 1 saturated heterocycles. The van der Waals surface area contributed by atoms with Crippen LogP contribution in [0.15, 0.2) is 61.3 Å². The molecule has 1 fully saturated rings. The number of methoxy groups -OCH3 is 1. The first-order valence-corrected chi connectivity index (χ1v) is 10.9. The van der Waals surface area contributed by atoms with Crippen molar-refractivity contribution in [3.8, 4) is 28.2 Å². The lowest BCUT2D eigenvalue weighted by molar-refractivity contribution is -0.134. The van der Waals surface area contributed by atoms with Gasteiger partial charge < -0.3 is 15.0 Å². The molecule has 3 heterocycles. The van der Waals surface area contributed by atoms with E-state index in [4.69, 9.17) is 4.74 Å². The van der Waals surface area contributed by atoms with Crippen LogP contribution >= 0.6 is 11.3 Å². The lowest BCUT2D eigenvalue weighted by atomic mass is 9.77. The van der Waals surface area contributed by atoms with Crippen LogP contribution in [0.5, 0.6) is 5.75 Å². The zero-order chi connectivity index (χ0) is 22.9. The summed E-state index contributed by atoms with van der Waals surface area (Å²) < 4.78 is 5.29. The van der Waals surface area contributed by atoms with Crippen LogP contribution in [0.25, 0.3) is 10.6 Å². The number of thiazole rings is 1. The van der Waals surface area contributed by atoms with Gasteiger partial charge in [0.15, 0.2) is 0 Å². The summed E-state index contributed by atoms with van der Waals surface area (Å²) >= 11 is 1.53. The average Bonchev–Trinajstić information content (AvgIpc) is 3.30. The maximum Gasteiger partial charge on any atom is 0.238 e. The molecule has 1 unspecified atom stereocenters. The molecular weight excluding hydrogens is 420 g/mol. The van der Waals surface area contributed by atoms with Gasteiger partial charge in [0.1, 0.15) is 16.6 Å². The highest BCUT2D eigenvalue weighted by atomic mass is 32.1. The van der Waals surface area contributed by atoms with Gasteiger partial charge in [0.2, 0.25) is 5.91 Å². The normalized spacial score (nSPS) is 20.4. The molecule has 1 N–H and O–H groups in total. The Morgan fingerprint density at radius 1 is 1.25 bits per heavy atom. The topological polar surface area (TPSA) is 67.4 Å². The molecule has 2 atom stereocenters. The summed E-state index contributed by atoms with van der Waals surface area (Å²) in [5.74, 6) is 6.73. The van der Waals surface area contributed by atoms with Gasteiger partial charge in [0.05, 0.1) is 23.4 Å². The van der Waals surface area contributed by atoms with E-state index in [-0.39, 0.29) is 5.91 Å². The summed E-state index contributed by atoms with van der Waals surface area (Å²) in [4.78, 5) is 24.9. The smallest absolute Gasteiger partial charge is 0.238 e. The van der Waals surface area contributed by atoms with E-state index in [2.05, 4.69) is 33.7 Å². The van der Waals surface area contributed by atoms with Crippen molar-refractivity contribution < 1.29 is 9.53 Å². The number of carbonyl (C=O) groups excluding carboxylic acids is 1. The molecule has 32 heavy (non-hydrogen) atoms. The fourth-order valence-electron chi connectivity index (χ4n) is 3.92. The number of likely N-dealkylation sites (N-methyl/N-ethyl adjacent to an activating group) is 1. The Labute approximate surface area is 192 Å². The van der Waals surface area contributed by atoms with Gasteiger partial charge in [-0.25, -0.2) is 4.98 Å². The van der Waals surface area contributed by atoms with Gasteiger partial charge in [-0.3, -0.25) is 9.78 Å². The number of amides is 1. The molecule has 6 nitrogen and oxygen atoms in total. The summed E-state index contributed by atoms with van der Waals surface area (Å²) in [5.41, 5.74) is 1.90. The average molecular weight is 445 g/mol. The second-order valence-electron chi connectivity index (χ2n) is 7.74. The maximum absolute atomic E-state index is 13.4. The van der Waals surface area contributed by atoms with E-state index < -0.39 is 11.5 Å². The van der Waals surface area contributed by atoms with Crippen LogP contribution in [0.2, 0.25) is 0 Å². The third kappa shape index (κ3) is 3.74. The van der Waals surface area contributed by atoms with Crippen molar-refractivity contribution in [2.24, 2.45) is 0 Å². The number of nitrogens with zero attached hydrogens (tertiary/aromatic N) is 3. The second-order valence-corrected chi connectivity index (χ2v) is 8.78. The van der Waals surface area contributed by atoms with E-state index in [0.29, 0.717) is 5.82 Å². The number of aromatic nitrogens is 2. The Bertz CT molecular complexity index is 1240. The molecule has 0 saturated carbocycles. The molecule has 3 aromatic rings. The third-order valence-corrected chi connectivity index (χ3v) is 6.97. The van der Waals surface area contributed by atoms with Gasteiger partial charge in [-0.05, 0) is 37.6 Å². The van der Waals surface area contributed by atoms with Crippen LogP contribution in [0.1, 0.15) is 35.8 Å². The number of nitrogens with one attached hydrogen (secondary N) is 1. The molecule has 1 aromatic carbocycles. The number of hydrogen-bond donors (Lipinski definition) is 1. The molecule has 1 aliphatic rings. The van der Waals surface area contributed by atoms with Crippen molar-refractivity contribution in [2.75, 3.05) is 14.2 Å². The van der Waals surface area contributed by atoms with E-state index in [1.165, 1.54) is 11.3 Å². The largest absolute Gasteiger partial charge is 0.497 e. The molecular formula is C25H24N4O2S. The highest BCUT2D eigenvalue weighted by molar-refractivity contribution is 7.15. The Balaban J connectivity index is 1.78. The van der Waals surface area contributed by atoms with Gasteiger partial charge >= 0.3 is 0 Å². The minimum Gasteiger partial charge on any atom is -0.497 e. The van der Waals surface area contributed by atoms with Crippen LogP contribution < -0.4 is 10.1 Å². The molecule has 4 rings (SSSR count). The number of carbonyl (C=O) groups is 1. The Hall–Kier alpha value is -3.63. The predicted octanol–water partition coefficient (Wildman–Crippen LogP) is 4.12. The van der Waals surface area contributed by atoms with Crippen LogP contribution in [0.3, 0.4) is 0 Å². The lowest BCUT2D eigenvalue weighted by Crippen LogP contribution is -2.57. The van der Waals surface area contributed by atoms with Crippen molar-refractivity contribution in [2.45, 2.75) is 25.3 Å². The maximum atomic E-state index is 13.4. The number of hydrogen-bond acceptors (Lipinski definition) is 6. The van der Waals surface area contributed by atoms with Crippen molar-refractivity contribution in [1.29, 1.82) is 0 Å². The van der Waals surface area contributed by atoms with Crippen LogP contribution in [-0.4, -0.2) is 34.9 Å². The van der Waals surface area contributed by atoms with E-state index in [1.54, 1.807) is 38.4 Å². The van der Waals surface area contributed by atoms with Crippen molar-refractivity contribution >= 4 is 17.2 Å². The third-order valence-electron chi connectivity index (χ3n) is 5.68. The predicted molar refractivity (Wildman–Crippen MR) is 126 cm³/mol. The summed E-state index contributed by atoms with van der Waals surface area (Å²) in [6.07, 6.45) is 5.34. The van der Waals surface area contributed by atoms with E-state index in [0.717, 1.165) is 32.3 Å². The number of ether oxygens (including phenoxy) is 1. The van der Waals surface area contributed by atoms with Crippen LogP contribution in [0.4, 0.5) is 0 Å². The Morgan fingerprint density at radius 2 is 2.00 bits per heavy atom. The summed E-state index contributed by atoms with van der Waals surface area (Å²) in [6.45, 7) is 7.87. The Morgan fingerprint density at radius 3 is 2.69 bits per heavy atom. The minimum atomic E-state index is -0.723.